The van der Waals surface area contributed by atoms with Gasteiger partial charge in [0.2, 0.25) is 0 Å². The van der Waals surface area contributed by atoms with Crippen molar-refractivity contribution in [1.82, 2.24) is 0 Å². The molecule has 0 rings (SSSR count). The van der Waals surface area contributed by atoms with Crippen molar-refractivity contribution in [1.29, 1.82) is 0 Å². The van der Waals surface area contributed by atoms with Gasteiger partial charge in [0, 0.05) is 0 Å². The number of nitrogens with two attached hydrogens (primary N) is 1. The summed E-state index contributed by atoms with van der Waals surface area (Å²) < 4.78 is 11.0. The summed E-state index contributed by atoms with van der Waals surface area (Å²) in [5, 5.41) is 0. The molecule has 0 aliphatic rings. The van der Waals surface area contributed by atoms with Crippen molar-refractivity contribution in [3.8, 4) is 0 Å². The number of alkyl halides is 1. The molecule has 0 spiro atoms. The molecule has 31 valence electrons. The van der Waals surface area contributed by atoms with Crippen LogP contribution in [0.2, 0.25) is 0 Å². The Morgan fingerprint density at radius 1 is 2.00 bits per heavy atom. The monoisotopic (exact) mass is 76.1 g/mol. The zero-order chi connectivity index (χ0) is 4.28. The molecule has 0 heterocycles. The summed E-state index contributed by atoms with van der Waals surface area (Å²) in [6.45, 7) is 1.04. The Morgan fingerprint density at radius 3 is 2.20 bits per heavy atom. The van der Waals surface area contributed by atoms with Gasteiger partial charge in [-0.25, -0.2) is 4.39 Å². The number of hydrogen-bond donors (Lipinski definition) is 1. The zero-order valence-corrected chi connectivity index (χ0v) is 3.16. The van der Waals surface area contributed by atoms with Crippen molar-refractivity contribution in [2.24, 2.45) is 5.73 Å². The van der Waals surface area contributed by atoms with Gasteiger partial charge in [-0.05, 0) is 6.92 Å². The minimum atomic E-state index is -0.500. The highest BCUT2D eigenvalue weighted by Crippen LogP contribution is 1.81. The molecule has 0 aromatic rings. The van der Waals surface area contributed by atoms with E-state index >= 15 is 0 Å². The SMILES string of the molecule is C[C](N)CF. The second-order valence-corrected chi connectivity index (χ2v) is 0.980. The fourth-order valence-corrected chi connectivity index (χ4v) is 0. The molecule has 5 heavy (non-hydrogen) atoms. The van der Waals surface area contributed by atoms with Gasteiger partial charge in [-0.15, -0.1) is 0 Å². The number of halogens is 1. The largest absolute Gasteiger partial charge is 0.322 e. The van der Waals surface area contributed by atoms with Gasteiger partial charge < -0.3 is 5.73 Å². The first-order chi connectivity index (χ1) is 2.27. The lowest BCUT2D eigenvalue weighted by molar-refractivity contribution is 0.503. The molecule has 0 aliphatic carbocycles. The third kappa shape index (κ3) is 3.89. The summed E-state index contributed by atoms with van der Waals surface area (Å²) >= 11 is 0. The Labute approximate surface area is 31.0 Å². The average molecular weight is 76.1 g/mol. The van der Waals surface area contributed by atoms with Crippen molar-refractivity contribution >= 4 is 0 Å². The molecule has 2 N–H and O–H groups in total. The van der Waals surface area contributed by atoms with Crippen LogP contribution in [0, 0.1) is 6.04 Å². The maximum atomic E-state index is 11.0. The molecule has 1 nitrogen and oxygen atoms in total. The van der Waals surface area contributed by atoms with Gasteiger partial charge in [0.05, 0.1) is 6.04 Å². The van der Waals surface area contributed by atoms with Gasteiger partial charge in [0.25, 0.3) is 0 Å². The third-order valence-corrected chi connectivity index (χ3v) is 0.211. The third-order valence-electron chi connectivity index (χ3n) is 0.211. The van der Waals surface area contributed by atoms with Crippen LogP contribution in [0.25, 0.3) is 0 Å². The van der Waals surface area contributed by atoms with E-state index in [9.17, 15) is 4.39 Å². The molecule has 2 heteroatoms. The van der Waals surface area contributed by atoms with E-state index < -0.39 is 6.67 Å². The highest BCUT2D eigenvalue weighted by atomic mass is 19.1. The van der Waals surface area contributed by atoms with Gasteiger partial charge >= 0.3 is 0 Å². The van der Waals surface area contributed by atoms with Gasteiger partial charge in [-0.2, -0.15) is 0 Å². The van der Waals surface area contributed by atoms with Gasteiger partial charge in [0.1, 0.15) is 6.67 Å². The quantitative estimate of drug-likeness (QED) is 0.482. The molecular weight excluding hydrogens is 69.0 g/mol. The molecular formula is C3H7FN. The summed E-state index contributed by atoms with van der Waals surface area (Å²) in [7, 11) is 0. The van der Waals surface area contributed by atoms with Crippen LogP contribution in [0.15, 0.2) is 0 Å². The van der Waals surface area contributed by atoms with Crippen molar-refractivity contribution in [2.75, 3.05) is 6.67 Å². The first kappa shape index (κ1) is 4.89. The Kier molecular flexibility index (Phi) is 2.10. The number of hydrogen-bond acceptors (Lipinski definition) is 1. The summed E-state index contributed by atoms with van der Waals surface area (Å²) in [5.74, 6) is 0. The van der Waals surface area contributed by atoms with Gasteiger partial charge in [0.15, 0.2) is 0 Å². The smallest absolute Gasteiger partial charge is 0.109 e. The number of rotatable bonds is 1. The Hall–Kier alpha value is -0.110. The second-order valence-electron chi connectivity index (χ2n) is 0.980. The van der Waals surface area contributed by atoms with Crippen LogP contribution in [0.4, 0.5) is 4.39 Å². The van der Waals surface area contributed by atoms with Crippen LogP contribution in [-0.4, -0.2) is 6.67 Å². The second kappa shape index (κ2) is 2.15. The molecule has 0 fully saturated rings. The molecule has 0 bridgehead atoms. The highest BCUT2D eigenvalue weighted by Gasteiger charge is 1.85. The predicted molar refractivity (Wildman–Crippen MR) is 19.1 cm³/mol. The van der Waals surface area contributed by atoms with E-state index in [0.29, 0.717) is 6.04 Å². The van der Waals surface area contributed by atoms with Crippen LogP contribution in [0.1, 0.15) is 6.92 Å². The van der Waals surface area contributed by atoms with Crippen molar-refractivity contribution in [3.63, 3.8) is 0 Å². The van der Waals surface area contributed by atoms with Crippen LogP contribution >= 0.6 is 0 Å². The summed E-state index contributed by atoms with van der Waals surface area (Å²) in [5.41, 5.74) is 4.83. The molecule has 0 unspecified atom stereocenters. The van der Waals surface area contributed by atoms with E-state index in [-0.39, 0.29) is 0 Å². The summed E-state index contributed by atoms with van der Waals surface area (Å²) in [4.78, 5) is 0. The Morgan fingerprint density at radius 2 is 2.20 bits per heavy atom. The Balaban J connectivity index is 2.54. The molecule has 0 saturated carbocycles. The van der Waals surface area contributed by atoms with E-state index in [0.717, 1.165) is 0 Å². The highest BCUT2D eigenvalue weighted by molar-refractivity contribution is 4.71. The topological polar surface area (TPSA) is 26.0 Å². The van der Waals surface area contributed by atoms with E-state index in [1.54, 1.807) is 6.92 Å². The molecule has 0 atom stereocenters. The molecule has 0 aromatic carbocycles. The van der Waals surface area contributed by atoms with Crippen LogP contribution in [0.5, 0.6) is 0 Å². The van der Waals surface area contributed by atoms with Crippen molar-refractivity contribution < 1.29 is 4.39 Å². The van der Waals surface area contributed by atoms with E-state index in [1.165, 1.54) is 0 Å². The lowest BCUT2D eigenvalue weighted by Crippen LogP contribution is -2.04. The van der Waals surface area contributed by atoms with E-state index in [4.69, 9.17) is 5.73 Å². The first-order valence-corrected chi connectivity index (χ1v) is 1.41. The molecule has 0 aromatic heterocycles. The van der Waals surface area contributed by atoms with Crippen molar-refractivity contribution in [2.45, 2.75) is 6.92 Å². The van der Waals surface area contributed by atoms with Crippen molar-refractivity contribution in [3.05, 3.63) is 6.04 Å². The first-order valence-electron chi connectivity index (χ1n) is 1.41. The Bertz CT molecular complexity index is 20.9. The standard InChI is InChI=1S/C3H7FN/c1-3(5)2-4/h2,5H2,1H3. The van der Waals surface area contributed by atoms with E-state index in [2.05, 4.69) is 0 Å². The van der Waals surface area contributed by atoms with Gasteiger partial charge in [-0.1, -0.05) is 0 Å². The fraction of sp³-hybridized carbons (Fsp3) is 0.667. The fourth-order valence-electron chi connectivity index (χ4n) is 0. The zero-order valence-electron chi connectivity index (χ0n) is 3.16. The molecule has 0 saturated heterocycles. The maximum Gasteiger partial charge on any atom is 0.109 e. The van der Waals surface area contributed by atoms with Crippen LogP contribution in [0.3, 0.4) is 0 Å². The molecule has 0 aliphatic heterocycles. The van der Waals surface area contributed by atoms with Crippen LogP contribution < -0.4 is 5.73 Å². The van der Waals surface area contributed by atoms with Crippen LogP contribution in [-0.2, 0) is 0 Å². The average Bonchev–Trinajstić information content (AvgIpc) is 1.38. The lowest BCUT2D eigenvalue weighted by Gasteiger charge is -1.87. The lowest BCUT2D eigenvalue weighted by atomic mass is 10.4. The summed E-state index contributed by atoms with van der Waals surface area (Å²) in [6.07, 6.45) is 0. The maximum absolute atomic E-state index is 11.0. The van der Waals surface area contributed by atoms with Gasteiger partial charge in [-0.3, -0.25) is 0 Å². The normalized spacial score (nSPS) is 9.60. The minimum Gasteiger partial charge on any atom is -0.322 e. The van der Waals surface area contributed by atoms with E-state index in [1.807, 2.05) is 0 Å². The summed E-state index contributed by atoms with van der Waals surface area (Å²) in [6, 6.07) is 0.338. The predicted octanol–water partition coefficient (Wildman–Crippen LogP) is 0.466. The minimum absolute atomic E-state index is 0.338. The molecule has 1 radical (unpaired) electrons. The molecule has 0 amide bonds.